The first-order chi connectivity index (χ1) is 12.9. The van der Waals surface area contributed by atoms with Crippen molar-refractivity contribution in [2.75, 3.05) is 39.3 Å². The molecule has 2 rings (SSSR count). The third-order valence-corrected chi connectivity index (χ3v) is 7.19. The number of hydrogen-bond donors (Lipinski definition) is 3. The first kappa shape index (κ1) is 22.1. The Kier molecular flexibility index (Phi) is 9.01. The maximum absolute atomic E-state index is 12.1. The molecular formula is C18H33N5O2S2. The molecule has 1 saturated heterocycles. The molecule has 0 aliphatic carbocycles. The van der Waals surface area contributed by atoms with Gasteiger partial charge in [0.2, 0.25) is 10.0 Å². The predicted molar refractivity (Wildman–Crippen MR) is 113 cm³/mol. The van der Waals surface area contributed by atoms with E-state index < -0.39 is 10.0 Å². The molecule has 0 radical (unpaired) electrons. The molecule has 0 amide bonds. The van der Waals surface area contributed by atoms with Gasteiger partial charge in [-0.05, 0) is 37.1 Å². The summed E-state index contributed by atoms with van der Waals surface area (Å²) in [6.45, 7) is 11.4. The van der Waals surface area contributed by atoms with E-state index in [9.17, 15) is 8.42 Å². The van der Waals surface area contributed by atoms with E-state index in [1.165, 1.54) is 11.3 Å². The minimum Gasteiger partial charge on any atom is -0.357 e. The summed E-state index contributed by atoms with van der Waals surface area (Å²) in [5.74, 6) is 1.46. The van der Waals surface area contributed by atoms with Crippen LogP contribution in [0.5, 0.6) is 0 Å². The number of aliphatic imine (C=N–C) groups is 1. The molecule has 1 aromatic rings. The maximum atomic E-state index is 12.1. The largest absolute Gasteiger partial charge is 0.357 e. The molecule has 0 aromatic carbocycles. The lowest BCUT2D eigenvalue weighted by Crippen LogP contribution is -2.49. The summed E-state index contributed by atoms with van der Waals surface area (Å²) in [7, 11) is -3.42. The van der Waals surface area contributed by atoms with Gasteiger partial charge in [-0.25, -0.2) is 13.1 Å². The molecule has 1 aliphatic heterocycles. The quantitative estimate of drug-likeness (QED) is 0.325. The SMILES string of the molecule is CCNC(=NCCNS(=O)(=O)c1cccs1)NC1CCN(CC(C)C)CC1. The zero-order chi connectivity index (χ0) is 19.7. The van der Waals surface area contributed by atoms with Gasteiger partial charge in [0.05, 0.1) is 6.54 Å². The highest BCUT2D eigenvalue weighted by atomic mass is 32.2. The van der Waals surface area contributed by atoms with Gasteiger partial charge in [0.1, 0.15) is 4.21 Å². The Morgan fingerprint density at radius 3 is 2.70 bits per heavy atom. The van der Waals surface area contributed by atoms with Gasteiger partial charge in [0.15, 0.2) is 5.96 Å². The number of nitrogens with zero attached hydrogens (tertiary/aromatic N) is 2. The zero-order valence-corrected chi connectivity index (χ0v) is 18.2. The number of sulfonamides is 1. The van der Waals surface area contributed by atoms with Crippen molar-refractivity contribution in [3.63, 3.8) is 0 Å². The van der Waals surface area contributed by atoms with Gasteiger partial charge in [-0.2, -0.15) is 0 Å². The van der Waals surface area contributed by atoms with E-state index >= 15 is 0 Å². The van der Waals surface area contributed by atoms with Gasteiger partial charge >= 0.3 is 0 Å². The normalized spacial score (nSPS) is 17.4. The van der Waals surface area contributed by atoms with Crippen molar-refractivity contribution in [2.45, 2.75) is 43.9 Å². The van der Waals surface area contributed by atoms with Crippen LogP contribution in [0.25, 0.3) is 0 Å². The highest BCUT2D eigenvalue weighted by molar-refractivity contribution is 7.91. The number of thiophene rings is 1. The van der Waals surface area contributed by atoms with E-state index in [1.807, 2.05) is 6.92 Å². The third-order valence-electron chi connectivity index (χ3n) is 4.33. The lowest BCUT2D eigenvalue weighted by molar-refractivity contribution is 0.187. The zero-order valence-electron chi connectivity index (χ0n) is 16.6. The minimum absolute atomic E-state index is 0.281. The van der Waals surface area contributed by atoms with Crippen LogP contribution in [0.2, 0.25) is 0 Å². The number of nitrogens with one attached hydrogen (secondary N) is 3. The smallest absolute Gasteiger partial charge is 0.250 e. The van der Waals surface area contributed by atoms with Crippen molar-refractivity contribution >= 4 is 27.3 Å². The Morgan fingerprint density at radius 1 is 1.37 bits per heavy atom. The van der Waals surface area contributed by atoms with Crippen LogP contribution in [0.1, 0.15) is 33.6 Å². The summed E-state index contributed by atoms with van der Waals surface area (Å²) < 4.78 is 27.1. The molecule has 1 aromatic heterocycles. The Balaban J connectivity index is 1.77. The van der Waals surface area contributed by atoms with E-state index in [0.29, 0.717) is 22.7 Å². The van der Waals surface area contributed by atoms with Crippen molar-refractivity contribution in [3.8, 4) is 0 Å². The number of likely N-dealkylation sites (tertiary alicyclic amines) is 1. The highest BCUT2D eigenvalue weighted by Gasteiger charge is 2.20. The first-order valence-electron chi connectivity index (χ1n) is 9.71. The summed E-state index contributed by atoms with van der Waals surface area (Å²) in [5, 5.41) is 8.50. The summed E-state index contributed by atoms with van der Waals surface area (Å²) >= 11 is 1.21. The van der Waals surface area contributed by atoms with Gasteiger partial charge in [0, 0.05) is 38.8 Å². The Labute approximate surface area is 167 Å². The van der Waals surface area contributed by atoms with E-state index in [1.54, 1.807) is 17.5 Å². The molecule has 1 aliphatic rings. The monoisotopic (exact) mass is 415 g/mol. The molecule has 7 nitrogen and oxygen atoms in total. The molecular weight excluding hydrogens is 382 g/mol. The molecule has 2 heterocycles. The van der Waals surface area contributed by atoms with Gasteiger partial charge in [-0.1, -0.05) is 19.9 Å². The second-order valence-corrected chi connectivity index (χ2v) is 10.1. The summed E-state index contributed by atoms with van der Waals surface area (Å²) in [4.78, 5) is 7.04. The molecule has 27 heavy (non-hydrogen) atoms. The highest BCUT2D eigenvalue weighted by Crippen LogP contribution is 2.15. The maximum Gasteiger partial charge on any atom is 0.250 e. The predicted octanol–water partition coefficient (Wildman–Crippen LogP) is 1.70. The Morgan fingerprint density at radius 2 is 2.11 bits per heavy atom. The molecule has 0 atom stereocenters. The fraction of sp³-hybridized carbons (Fsp3) is 0.722. The van der Waals surface area contributed by atoms with E-state index in [4.69, 9.17) is 0 Å². The lowest BCUT2D eigenvalue weighted by Gasteiger charge is -2.34. The van der Waals surface area contributed by atoms with Crippen molar-refractivity contribution in [1.82, 2.24) is 20.3 Å². The van der Waals surface area contributed by atoms with Crippen molar-refractivity contribution in [1.29, 1.82) is 0 Å². The second kappa shape index (κ2) is 11.0. The molecule has 0 spiro atoms. The molecule has 9 heteroatoms. The Bertz CT molecular complexity index is 666. The van der Waals surface area contributed by atoms with E-state index in [-0.39, 0.29) is 6.54 Å². The topological polar surface area (TPSA) is 85.8 Å². The number of guanidine groups is 1. The van der Waals surface area contributed by atoms with Gasteiger partial charge in [0.25, 0.3) is 0 Å². The van der Waals surface area contributed by atoms with Gasteiger partial charge < -0.3 is 15.5 Å². The van der Waals surface area contributed by atoms with Crippen molar-refractivity contribution < 1.29 is 8.42 Å². The summed E-state index contributed by atoms with van der Waals surface area (Å²) in [6, 6.07) is 3.75. The fourth-order valence-corrected chi connectivity index (χ4v) is 5.18. The Hall–Kier alpha value is -1.16. The summed E-state index contributed by atoms with van der Waals surface area (Å²) in [6.07, 6.45) is 2.20. The number of rotatable bonds is 9. The number of piperidine rings is 1. The van der Waals surface area contributed by atoms with Crippen molar-refractivity contribution in [3.05, 3.63) is 17.5 Å². The molecule has 0 saturated carbocycles. The minimum atomic E-state index is -3.42. The van der Waals surface area contributed by atoms with Crippen LogP contribution < -0.4 is 15.4 Å². The van der Waals surface area contributed by atoms with Gasteiger partial charge in [-0.3, -0.25) is 4.99 Å². The molecule has 0 unspecified atom stereocenters. The van der Waals surface area contributed by atoms with E-state index in [2.05, 4.69) is 39.1 Å². The van der Waals surface area contributed by atoms with Crippen LogP contribution in [-0.2, 0) is 10.0 Å². The summed E-state index contributed by atoms with van der Waals surface area (Å²) in [5.41, 5.74) is 0. The van der Waals surface area contributed by atoms with Crippen LogP contribution in [0.3, 0.4) is 0 Å². The van der Waals surface area contributed by atoms with Crippen LogP contribution in [0, 0.1) is 5.92 Å². The molecule has 3 N–H and O–H groups in total. The molecule has 1 fully saturated rings. The second-order valence-electron chi connectivity index (χ2n) is 7.20. The van der Waals surface area contributed by atoms with Gasteiger partial charge in [-0.15, -0.1) is 11.3 Å². The first-order valence-corrected chi connectivity index (χ1v) is 12.1. The van der Waals surface area contributed by atoms with Crippen LogP contribution in [0.4, 0.5) is 0 Å². The molecule has 154 valence electrons. The third kappa shape index (κ3) is 7.77. The molecule has 0 bridgehead atoms. The standard InChI is InChI=1S/C18H33N5O2S2/c1-4-19-18(22-16-7-11-23(12-8-16)14-15(2)3)20-9-10-21-27(24,25)17-6-5-13-26-17/h5-6,13,15-16,21H,4,7-12,14H2,1-3H3,(H2,19,20,22). The average molecular weight is 416 g/mol. The van der Waals surface area contributed by atoms with Crippen molar-refractivity contribution in [2.24, 2.45) is 10.9 Å². The average Bonchev–Trinajstić information content (AvgIpc) is 3.16. The van der Waals surface area contributed by atoms with E-state index in [0.717, 1.165) is 45.0 Å². The van der Waals surface area contributed by atoms with Crippen LogP contribution in [-0.4, -0.2) is 64.6 Å². The fourth-order valence-electron chi connectivity index (χ4n) is 3.12. The number of hydrogen-bond acceptors (Lipinski definition) is 5. The lowest BCUT2D eigenvalue weighted by atomic mass is 10.0. The van der Waals surface area contributed by atoms with Crippen LogP contribution >= 0.6 is 11.3 Å². The van der Waals surface area contributed by atoms with Crippen LogP contribution in [0.15, 0.2) is 26.7 Å².